The van der Waals surface area contributed by atoms with E-state index >= 15 is 0 Å². The number of likely N-dealkylation sites (tertiary alicyclic amines) is 1. The molecule has 8 heteroatoms. The molecule has 0 saturated carbocycles. The molecule has 2 aliphatic rings. The number of pyridine rings is 1. The predicted octanol–water partition coefficient (Wildman–Crippen LogP) is 3.25. The molecule has 0 aliphatic carbocycles. The Kier molecular flexibility index (Phi) is 7.90. The van der Waals surface area contributed by atoms with Crippen molar-refractivity contribution in [2.45, 2.75) is 38.1 Å². The van der Waals surface area contributed by atoms with Crippen LogP contribution in [-0.2, 0) is 4.79 Å². The lowest BCUT2D eigenvalue weighted by atomic mass is 9.79. The van der Waals surface area contributed by atoms with E-state index in [1.807, 2.05) is 12.1 Å². The van der Waals surface area contributed by atoms with Crippen molar-refractivity contribution in [2.24, 2.45) is 5.92 Å². The predicted molar refractivity (Wildman–Crippen MR) is 134 cm³/mol. The van der Waals surface area contributed by atoms with Crippen LogP contribution in [0.4, 0.5) is 0 Å². The van der Waals surface area contributed by atoms with E-state index in [0.717, 1.165) is 37.5 Å². The van der Waals surface area contributed by atoms with Gasteiger partial charge in [0.25, 0.3) is 5.91 Å². The molecule has 1 fully saturated rings. The van der Waals surface area contributed by atoms with E-state index < -0.39 is 12.0 Å². The van der Waals surface area contributed by atoms with Crippen LogP contribution in [0.25, 0.3) is 0 Å². The van der Waals surface area contributed by atoms with Crippen LogP contribution in [0.1, 0.15) is 59.6 Å². The fourth-order valence-electron chi connectivity index (χ4n) is 5.21. The Morgan fingerprint density at radius 2 is 1.89 bits per heavy atom. The summed E-state index contributed by atoms with van der Waals surface area (Å²) in [6.45, 7) is 6.13. The van der Waals surface area contributed by atoms with Crippen molar-refractivity contribution >= 4 is 11.8 Å². The van der Waals surface area contributed by atoms with E-state index in [9.17, 15) is 9.59 Å². The molecule has 2 aromatic rings. The lowest BCUT2D eigenvalue weighted by Crippen LogP contribution is -2.46. The fourth-order valence-corrected chi connectivity index (χ4v) is 5.21. The van der Waals surface area contributed by atoms with Crippen molar-refractivity contribution in [2.75, 3.05) is 47.4 Å². The molecule has 0 bridgehead atoms. The van der Waals surface area contributed by atoms with Gasteiger partial charge in [-0.2, -0.15) is 0 Å². The Labute approximate surface area is 207 Å². The van der Waals surface area contributed by atoms with Crippen LogP contribution in [0.3, 0.4) is 0 Å². The van der Waals surface area contributed by atoms with Crippen molar-refractivity contribution in [3.8, 4) is 11.5 Å². The number of hydrogen-bond donors (Lipinski definition) is 1. The number of amides is 2. The van der Waals surface area contributed by atoms with E-state index in [1.54, 1.807) is 43.6 Å². The van der Waals surface area contributed by atoms with Gasteiger partial charge < -0.3 is 24.6 Å². The lowest BCUT2D eigenvalue weighted by Gasteiger charge is -2.40. The number of hydrogen-bond acceptors (Lipinski definition) is 6. The number of methoxy groups -OCH3 is 2. The minimum atomic E-state index is -0.604. The van der Waals surface area contributed by atoms with Crippen molar-refractivity contribution in [1.29, 1.82) is 0 Å². The number of ether oxygens (including phenoxy) is 2. The van der Waals surface area contributed by atoms with Crippen LogP contribution >= 0.6 is 0 Å². The van der Waals surface area contributed by atoms with E-state index in [0.29, 0.717) is 29.2 Å². The minimum absolute atomic E-state index is 0.112. The summed E-state index contributed by atoms with van der Waals surface area (Å²) in [7, 11) is 4.82. The second kappa shape index (κ2) is 11.1. The van der Waals surface area contributed by atoms with Crippen LogP contribution in [-0.4, -0.2) is 74.0 Å². The molecule has 0 spiro atoms. The maximum absolute atomic E-state index is 13.7. The third-order valence-electron chi connectivity index (χ3n) is 7.31. The maximum Gasteiger partial charge on any atom is 0.254 e. The van der Waals surface area contributed by atoms with Gasteiger partial charge in [-0.05, 0) is 74.1 Å². The average molecular weight is 481 g/mol. The summed E-state index contributed by atoms with van der Waals surface area (Å²) < 4.78 is 10.9. The summed E-state index contributed by atoms with van der Waals surface area (Å²) >= 11 is 0. The van der Waals surface area contributed by atoms with Gasteiger partial charge in [0.15, 0.2) is 11.5 Å². The van der Waals surface area contributed by atoms with E-state index in [4.69, 9.17) is 9.47 Å². The zero-order valence-electron chi connectivity index (χ0n) is 21.1. The van der Waals surface area contributed by atoms with Gasteiger partial charge in [0.1, 0.15) is 0 Å². The maximum atomic E-state index is 13.7. The molecule has 35 heavy (non-hydrogen) atoms. The van der Waals surface area contributed by atoms with Crippen molar-refractivity contribution in [3.05, 3.63) is 53.3 Å². The molecular formula is C27H36N4O4. The fraction of sp³-hybridized carbons (Fsp3) is 0.519. The lowest BCUT2D eigenvalue weighted by molar-refractivity contribution is -0.124. The summed E-state index contributed by atoms with van der Waals surface area (Å²) in [5.74, 6) is 0.871. The number of nitrogens with zero attached hydrogens (tertiary/aromatic N) is 3. The Morgan fingerprint density at radius 3 is 2.54 bits per heavy atom. The number of likely N-dealkylation sites (N-methyl/N-ethyl adjacent to an activating group) is 1. The molecule has 4 rings (SSSR count). The second-order valence-corrected chi connectivity index (χ2v) is 9.59. The van der Waals surface area contributed by atoms with E-state index in [1.165, 1.54) is 20.0 Å². The Morgan fingerprint density at radius 1 is 1.17 bits per heavy atom. The van der Waals surface area contributed by atoms with Crippen LogP contribution in [0, 0.1) is 5.92 Å². The molecule has 1 aromatic heterocycles. The third-order valence-corrected chi connectivity index (χ3v) is 7.31. The molecule has 0 radical (unpaired) electrons. The topological polar surface area (TPSA) is 84.0 Å². The molecule has 1 saturated heterocycles. The highest BCUT2D eigenvalue weighted by molar-refractivity contribution is 6.02. The molecular weight excluding hydrogens is 444 g/mol. The molecule has 3 heterocycles. The normalized spacial score (nSPS) is 20.9. The molecule has 2 atom stereocenters. The zero-order chi connectivity index (χ0) is 24.9. The Bertz CT molecular complexity index is 1040. The molecule has 0 unspecified atom stereocenters. The number of piperidine rings is 1. The van der Waals surface area contributed by atoms with Gasteiger partial charge in [-0.15, -0.1) is 0 Å². The number of fused-ring (bicyclic) bond motifs is 1. The van der Waals surface area contributed by atoms with Crippen molar-refractivity contribution < 1.29 is 19.1 Å². The smallest absolute Gasteiger partial charge is 0.254 e. The first-order valence-corrected chi connectivity index (χ1v) is 12.4. The van der Waals surface area contributed by atoms with E-state index in [2.05, 4.69) is 22.1 Å². The third kappa shape index (κ3) is 5.27. The zero-order valence-corrected chi connectivity index (χ0v) is 21.1. The molecule has 188 valence electrons. The molecule has 1 N–H and O–H groups in total. The number of carbonyl (C=O) groups is 2. The Balaban J connectivity index is 1.59. The van der Waals surface area contributed by atoms with Crippen molar-refractivity contribution in [1.82, 2.24) is 20.1 Å². The van der Waals surface area contributed by atoms with Gasteiger partial charge in [-0.25, -0.2) is 0 Å². The first-order valence-electron chi connectivity index (χ1n) is 12.4. The van der Waals surface area contributed by atoms with Crippen LogP contribution in [0.15, 0.2) is 36.7 Å². The molecule has 2 amide bonds. The number of nitrogens with one attached hydrogen (secondary N) is 1. The Hall–Kier alpha value is -3.13. The van der Waals surface area contributed by atoms with E-state index in [-0.39, 0.29) is 11.8 Å². The average Bonchev–Trinajstić information content (AvgIpc) is 2.89. The molecule has 8 nitrogen and oxygen atoms in total. The van der Waals surface area contributed by atoms with Gasteiger partial charge in [0.2, 0.25) is 5.91 Å². The van der Waals surface area contributed by atoms with Crippen LogP contribution in [0.2, 0.25) is 0 Å². The first kappa shape index (κ1) is 25.0. The highest BCUT2D eigenvalue weighted by atomic mass is 16.5. The van der Waals surface area contributed by atoms with Crippen LogP contribution in [0.5, 0.6) is 11.5 Å². The standard InChI is InChI=1S/C27H36N4O4/c1-18-8-13-31(14-9-18)12-6-11-29-26(32)24-20-15-22(34-3)23(35-4)16-21(20)27(33)30(2)25(24)19-7-5-10-28-17-19/h5,7,10,15-18,24-25H,6,8-9,11-14H2,1-4H3,(H,29,32)/t24-,25-/m0/s1. The number of rotatable bonds is 8. The van der Waals surface area contributed by atoms with Gasteiger partial charge in [-0.3, -0.25) is 14.6 Å². The number of carbonyl (C=O) groups excluding carboxylic acids is 2. The SMILES string of the molecule is COc1cc2c(cc1OC)[C@H](C(=O)NCCCN1CCC(C)CC1)[C@H](c1cccnc1)N(C)C2=O. The highest BCUT2D eigenvalue weighted by Crippen LogP contribution is 2.45. The monoisotopic (exact) mass is 480 g/mol. The highest BCUT2D eigenvalue weighted by Gasteiger charge is 2.43. The quantitative estimate of drug-likeness (QED) is 0.584. The van der Waals surface area contributed by atoms with Gasteiger partial charge >= 0.3 is 0 Å². The number of benzene rings is 1. The summed E-state index contributed by atoms with van der Waals surface area (Å²) in [6, 6.07) is 6.69. The summed E-state index contributed by atoms with van der Waals surface area (Å²) in [5.41, 5.74) is 1.90. The van der Waals surface area contributed by atoms with Crippen LogP contribution < -0.4 is 14.8 Å². The van der Waals surface area contributed by atoms with Crippen molar-refractivity contribution in [3.63, 3.8) is 0 Å². The minimum Gasteiger partial charge on any atom is -0.493 e. The summed E-state index contributed by atoms with van der Waals surface area (Å²) in [6.07, 6.45) is 6.77. The van der Waals surface area contributed by atoms with Gasteiger partial charge in [0.05, 0.1) is 26.2 Å². The number of aromatic nitrogens is 1. The van der Waals surface area contributed by atoms with Gasteiger partial charge in [0, 0.05) is 31.5 Å². The summed E-state index contributed by atoms with van der Waals surface area (Å²) in [5, 5.41) is 3.15. The molecule has 2 aliphatic heterocycles. The second-order valence-electron chi connectivity index (χ2n) is 9.59. The molecule has 1 aromatic carbocycles. The van der Waals surface area contributed by atoms with Gasteiger partial charge in [-0.1, -0.05) is 13.0 Å². The summed E-state index contributed by atoms with van der Waals surface area (Å²) in [4.78, 5) is 35.4. The first-order chi connectivity index (χ1) is 16.9. The largest absolute Gasteiger partial charge is 0.493 e.